The Morgan fingerprint density at radius 3 is 2.67 bits per heavy atom. The molecule has 27 heavy (non-hydrogen) atoms. The number of benzene rings is 1. The van der Waals surface area contributed by atoms with Gasteiger partial charge in [-0.1, -0.05) is 30.1 Å². The van der Waals surface area contributed by atoms with Crippen LogP contribution in [-0.4, -0.2) is 60.4 Å². The number of ether oxygens (including phenoxy) is 1. The number of esters is 1. The average Bonchev–Trinajstić information content (AvgIpc) is 3.15. The average molecular weight is 415 g/mol. The summed E-state index contributed by atoms with van der Waals surface area (Å²) in [7, 11) is 1.32. The van der Waals surface area contributed by atoms with Crippen molar-refractivity contribution in [3.63, 3.8) is 0 Å². The molecule has 2 atom stereocenters. The molecule has 1 aromatic rings. The van der Waals surface area contributed by atoms with Crippen LogP contribution in [0.4, 0.5) is 0 Å². The molecule has 2 unspecified atom stereocenters. The van der Waals surface area contributed by atoms with Crippen molar-refractivity contribution < 1.29 is 19.1 Å². The van der Waals surface area contributed by atoms with Crippen LogP contribution >= 0.6 is 23.2 Å². The van der Waals surface area contributed by atoms with Gasteiger partial charge in [0.2, 0.25) is 5.91 Å². The first-order chi connectivity index (χ1) is 12.8. The van der Waals surface area contributed by atoms with E-state index >= 15 is 0 Å². The number of hydrogen-bond donors (Lipinski definition) is 0. The summed E-state index contributed by atoms with van der Waals surface area (Å²) in [6.45, 7) is 4.72. The molecule has 0 N–H and O–H groups in total. The Bertz CT molecular complexity index is 726. The third-order valence-electron chi connectivity index (χ3n) is 4.75. The predicted molar refractivity (Wildman–Crippen MR) is 104 cm³/mol. The van der Waals surface area contributed by atoms with Crippen LogP contribution in [0.1, 0.15) is 37.0 Å². The number of rotatable bonds is 6. The minimum atomic E-state index is -0.572. The van der Waals surface area contributed by atoms with E-state index in [1.54, 1.807) is 28.9 Å². The van der Waals surface area contributed by atoms with Gasteiger partial charge in [0.05, 0.1) is 23.6 Å². The number of nitrogens with zero attached hydrogens (tertiary/aromatic N) is 2. The highest BCUT2D eigenvalue weighted by molar-refractivity contribution is 6.35. The van der Waals surface area contributed by atoms with Gasteiger partial charge < -0.3 is 14.5 Å². The maximum atomic E-state index is 13.0. The minimum absolute atomic E-state index is 0.169. The van der Waals surface area contributed by atoms with E-state index in [0.29, 0.717) is 29.6 Å². The van der Waals surface area contributed by atoms with Crippen molar-refractivity contribution >= 4 is 41.0 Å². The van der Waals surface area contributed by atoms with Crippen LogP contribution in [-0.2, 0) is 14.3 Å². The molecule has 0 bridgehead atoms. The SMILES string of the molecule is CCN(CC(C)C(=O)OC)C(=O)C1CCCN1C(=O)c1cc(Cl)ccc1Cl. The molecule has 1 heterocycles. The van der Waals surface area contributed by atoms with Crippen molar-refractivity contribution in [3.05, 3.63) is 33.8 Å². The molecule has 0 radical (unpaired) electrons. The molecule has 0 spiro atoms. The number of likely N-dealkylation sites (N-methyl/N-ethyl adjacent to an activating group) is 1. The maximum Gasteiger partial charge on any atom is 0.310 e. The lowest BCUT2D eigenvalue weighted by atomic mass is 10.1. The highest BCUT2D eigenvalue weighted by Gasteiger charge is 2.37. The second-order valence-corrected chi connectivity index (χ2v) is 7.43. The highest BCUT2D eigenvalue weighted by atomic mass is 35.5. The van der Waals surface area contributed by atoms with Crippen LogP contribution in [0.5, 0.6) is 0 Å². The zero-order valence-electron chi connectivity index (χ0n) is 15.7. The van der Waals surface area contributed by atoms with E-state index in [1.165, 1.54) is 13.2 Å². The van der Waals surface area contributed by atoms with Gasteiger partial charge in [-0.3, -0.25) is 14.4 Å². The van der Waals surface area contributed by atoms with E-state index in [9.17, 15) is 14.4 Å². The maximum absolute atomic E-state index is 13.0. The number of hydrogen-bond acceptors (Lipinski definition) is 4. The van der Waals surface area contributed by atoms with Gasteiger partial charge in [0, 0.05) is 24.7 Å². The van der Waals surface area contributed by atoms with Crippen LogP contribution in [0.15, 0.2) is 18.2 Å². The Morgan fingerprint density at radius 1 is 1.33 bits per heavy atom. The zero-order valence-corrected chi connectivity index (χ0v) is 17.2. The standard InChI is InChI=1S/C19H24Cl2N2O4/c1-4-22(11-12(2)19(26)27-3)18(25)16-6-5-9-23(16)17(24)14-10-13(20)7-8-15(14)21/h7-8,10,12,16H,4-6,9,11H2,1-3H3. The van der Waals surface area contributed by atoms with Crippen molar-refractivity contribution in [2.75, 3.05) is 26.7 Å². The number of amides is 2. The molecule has 0 aliphatic carbocycles. The molecule has 2 amide bonds. The summed E-state index contributed by atoms with van der Waals surface area (Å²) in [6, 6.07) is 4.13. The lowest BCUT2D eigenvalue weighted by molar-refractivity contribution is -0.147. The third-order valence-corrected chi connectivity index (χ3v) is 5.31. The van der Waals surface area contributed by atoms with Crippen molar-refractivity contribution in [2.45, 2.75) is 32.7 Å². The molecule has 1 aromatic carbocycles. The van der Waals surface area contributed by atoms with Gasteiger partial charge in [-0.25, -0.2) is 0 Å². The van der Waals surface area contributed by atoms with Gasteiger partial charge >= 0.3 is 5.97 Å². The lowest BCUT2D eigenvalue weighted by Gasteiger charge is -2.31. The molecule has 2 rings (SSSR count). The molecule has 0 aromatic heterocycles. The van der Waals surface area contributed by atoms with E-state index < -0.39 is 12.0 Å². The first kappa shape index (κ1) is 21.5. The van der Waals surface area contributed by atoms with Crippen LogP contribution in [0.25, 0.3) is 0 Å². The Balaban J connectivity index is 2.18. The summed E-state index contributed by atoms with van der Waals surface area (Å²) in [6.07, 6.45) is 1.30. The number of methoxy groups -OCH3 is 1. The monoisotopic (exact) mass is 414 g/mol. The van der Waals surface area contributed by atoms with Crippen molar-refractivity contribution in [1.82, 2.24) is 9.80 Å². The third kappa shape index (κ3) is 4.93. The Kier molecular flexibility index (Phi) is 7.50. The lowest BCUT2D eigenvalue weighted by Crippen LogP contribution is -2.49. The molecule has 0 saturated carbocycles. The summed E-state index contributed by atoms with van der Waals surface area (Å²) in [5.41, 5.74) is 0.287. The topological polar surface area (TPSA) is 66.9 Å². The number of carbonyl (C=O) groups excluding carboxylic acids is 3. The molecular formula is C19H24Cl2N2O4. The van der Waals surface area contributed by atoms with Crippen LogP contribution in [0.2, 0.25) is 10.0 Å². The molecule has 148 valence electrons. The van der Waals surface area contributed by atoms with Crippen LogP contribution in [0, 0.1) is 5.92 Å². The van der Waals surface area contributed by atoms with Crippen molar-refractivity contribution in [3.8, 4) is 0 Å². The molecule has 1 fully saturated rings. The molecule has 1 aliphatic rings. The number of carbonyl (C=O) groups is 3. The summed E-state index contributed by atoms with van der Waals surface area (Å²) in [5, 5.41) is 0.709. The van der Waals surface area contributed by atoms with E-state index in [1.807, 2.05) is 6.92 Å². The smallest absolute Gasteiger partial charge is 0.310 e. The predicted octanol–water partition coefficient (Wildman–Crippen LogP) is 3.26. The van der Waals surface area contributed by atoms with Gasteiger partial charge in [-0.05, 0) is 38.0 Å². The van der Waals surface area contributed by atoms with Gasteiger partial charge in [-0.2, -0.15) is 0 Å². The Hall–Kier alpha value is -1.79. The van der Waals surface area contributed by atoms with Gasteiger partial charge in [0.25, 0.3) is 5.91 Å². The fraction of sp³-hybridized carbons (Fsp3) is 0.526. The molecule has 1 aliphatic heterocycles. The second kappa shape index (κ2) is 9.42. The van der Waals surface area contributed by atoms with Crippen molar-refractivity contribution in [2.24, 2.45) is 5.92 Å². The van der Waals surface area contributed by atoms with Crippen LogP contribution < -0.4 is 0 Å². The number of likely N-dealkylation sites (tertiary alicyclic amines) is 1. The highest BCUT2D eigenvalue weighted by Crippen LogP contribution is 2.27. The van der Waals surface area contributed by atoms with Gasteiger partial charge in [0.1, 0.15) is 6.04 Å². The van der Waals surface area contributed by atoms with Crippen LogP contribution in [0.3, 0.4) is 0 Å². The van der Waals surface area contributed by atoms with Gasteiger partial charge in [0.15, 0.2) is 0 Å². The van der Waals surface area contributed by atoms with Gasteiger partial charge in [-0.15, -0.1) is 0 Å². The quantitative estimate of drug-likeness (QED) is 0.669. The summed E-state index contributed by atoms with van der Waals surface area (Å²) < 4.78 is 4.74. The van der Waals surface area contributed by atoms with E-state index in [-0.39, 0.29) is 29.9 Å². The summed E-state index contributed by atoms with van der Waals surface area (Å²) >= 11 is 12.1. The number of halogens is 2. The zero-order chi connectivity index (χ0) is 20.1. The molecular weight excluding hydrogens is 391 g/mol. The second-order valence-electron chi connectivity index (χ2n) is 6.58. The normalized spacial score (nSPS) is 17.5. The summed E-state index contributed by atoms with van der Waals surface area (Å²) in [5.74, 6) is -1.29. The first-order valence-corrected chi connectivity index (χ1v) is 9.68. The minimum Gasteiger partial charge on any atom is -0.469 e. The first-order valence-electron chi connectivity index (χ1n) is 8.92. The van der Waals surface area contributed by atoms with E-state index in [4.69, 9.17) is 27.9 Å². The Labute approximate surface area is 169 Å². The molecule has 6 nitrogen and oxygen atoms in total. The summed E-state index contributed by atoms with van der Waals surface area (Å²) in [4.78, 5) is 40.8. The Morgan fingerprint density at radius 2 is 2.04 bits per heavy atom. The molecule has 8 heteroatoms. The largest absolute Gasteiger partial charge is 0.469 e. The fourth-order valence-corrected chi connectivity index (χ4v) is 3.65. The van der Waals surface area contributed by atoms with E-state index in [2.05, 4.69) is 0 Å². The molecule has 1 saturated heterocycles. The van der Waals surface area contributed by atoms with E-state index in [0.717, 1.165) is 6.42 Å². The fourth-order valence-electron chi connectivity index (χ4n) is 3.27. The van der Waals surface area contributed by atoms with Crippen molar-refractivity contribution in [1.29, 1.82) is 0 Å².